The molecule has 0 heterocycles. The second-order valence-electron chi connectivity index (χ2n) is 3.54. The van der Waals surface area contributed by atoms with Crippen molar-refractivity contribution in [3.8, 4) is 5.75 Å². The summed E-state index contributed by atoms with van der Waals surface area (Å²) >= 11 is 0. The number of halogens is 1. The zero-order valence-corrected chi connectivity index (χ0v) is 8.07. The van der Waals surface area contributed by atoms with Crippen molar-refractivity contribution < 1.29 is 24.5 Å². The Morgan fingerprint density at radius 1 is 1.53 bits per heavy atom. The molecule has 1 aromatic carbocycles. The summed E-state index contributed by atoms with van der Waals surface area (Å²) in [5.74, 6) is -2.72. The van der Waals surface area contributed by atoms with Crippen molar-refractivity contribution in [2.24, 2.45) is 0 Å². The van der Waals surface area contributed by atoms with E-state index in [-0.39, 0.29) is 6.42 Å². The van der Waals surface area contributed by atoms with Gasteiger partial charge in [-0.15, -0.1) is 0 Å². The van der Waals surface area contributed by atoms with E-state index in [4.69, 9.17) is 10.2 Å². The number of aliphatic carboxylic acids is 1. The van der Waals surface area contributed by atoms with Crippen LogP contribution in [0.2, 0.25) is 0 Å². The van der Waals surface area contributed by atoms with Crippen molar-refractivity contribution in [2.45, 2.75) is 18.9 Å². The number of phenolic OH excluding ortho intramolecular Hbond substituents is 1. The molecule has 0 saturated heterocycles. The van der Waals surface area contributed by atoms with E-state index >= 15 is 0 Å². The number of carboxylic acids is 1. The number of hydrogen-bond acceptors (Lipinski definition) is 3. The second-order valence-corrected chi connectivity index (χ2v) is 3.54. The highest BCUT2D eigenvalue weighted by Gasteiger charge is 2.30. The van der Waals surface area contributed by atoms with Crippen LogP contribution in [-0.4, -0.2) is 26.9 Å². The van der Waals surface area contributed by atoms with Gasteiger partial charge in [-0.25, -0.2) is 9.18 Å². The van der Waals surface area contributed by atoms with Crippen LogP contribution in [0.3, 0.4) is 0 Å². The molecular weight excluding hydrogens is 203 g/mol. The van der Waals surface area contributed by atoms with Crippen molar-refractivity contribution in [3.05, 3.63) is 29.6 Å². The minimum Gasteiger partial charge on any atom is -0.505 e. The van der Waals surface area contributed by atoms with Gasteiger partial charge in [-0.2, -0.15) is 0 Å². The number of carbonyl (C=O) groups is 1. The Balaban J connectivity index is 2.91. The highest BCUT2D eigenvalue weighted by Crippen LogP contribution is 2.20. The Hall–Kier alpha value is -1.62. The number of carboxylic acid groups (broad SMARTS) is 1. The van der Waals surface area contributed by atoms with Gasteiger partial charge in [0.05, 0.1) is 0 Å². The van der Waals surface area contributed by atoms with E-state index in [1.165, 1.54) is 6.07 Å². The molecule has 1 unspecified atom stereocenters. The van der Waals surface area contributed by atoms with E-state index < -0.39 is 23.1 Å². The van der Waals surface area contributed by atoms with Crippen molar-refractivity contribution >= 4 is 5.97 Å². The van der Waals surface area contributed by atoms with Crippen LogP contribution in [0.15, 0.2) is 18.2 Å². The van der Waals surface area contributed by atoms with Crippen LogP contribution < -0.4 is 0 Å². The van der Waals surface area contributed by atoms with Crippen LogP contribution in [-0.2, 0) is 11.2 Å². The Bertz CT molecular complexity index is 387. The maximum absolute atomic E-state index is 12.9. The van der Waals surface area contributed by atoms with Gasteiger partial charge < -0.3 is 15.3 Å². The third-order valence-electron chi connectivity index (χ3n) is 2.02. The van der Waals surface area contributed by atoms with Crippen LogP contribution in [0.5, 0.6) is 5.75 Å². The first-order valence-electron chi connectivity index (χ1n) is 4.26. The first kappa shape index (κ1) is 11.5. The molecule has 0 aliphatic carbocycles. The number of rotatable bonds is 3. The molecule has 0 aromatic heterocycles. The van der Waals surface area contributed by atoms with Crippen molar-refractivity contribution in [1.29, 1.82) is 0 Å². The lowest BCUT2D eigenvalue weighted by molar-refractivity contribution is -0.156. The van der Waals surface area contributed by atoms with Gasteiger partial charge in [0, 0.05) is 6.42 Å². The van der Waals surface area contributed by atoms with Gasteiger partial charge in [-0.1, -0.05) is 6.07 Å². The Morgan fingerprint density at radius 3 is 2.60 bits per heavy atom. The lowest BCUT2D eigenvalue weighted by atomic mass is 9.97. The predicted molar refractivity (Wildman–Crippen MR) is 50.0 cm³/mol. The van der Waals surface area contributed by atoms with Gasteiger partial charge >= 0.3 is 5.97 Å². The molecule has 0 spiro atoms. The smallest absolute Gasteiger partial charge is 0.335 e. The van der Waals surface area contributed by atoms with Crippen molar-refractivity contribution in [1.82, 2.24) is 0 Å². The fourth-order valence-electron chi connectivity index (χ4n) is 1.13. The van der Waals surface area contributed by atoms with Gasteiger partial charge in [-0.3, -0.25) is 0 Å². The van der Waals surface area contributed by atoms with Crippen LogP contribution in [0.25, 0.3) is 0 Å². The zero-order chi connectivity index (χ0) is 11.6. The fourth-order valence-corrected chi connectivity index (χ4v) is 1.13. The minimum atomic E-state index is -1.94. The predicted octanol–water partition coefficient (Wildman–Crippen LogP) is 0.909. The van der Waals surface area contributed by atoms with Crippen LogP contribution in [0, 0.1) is 5.82 Å². The summed E-state index contributed by atoms with van der Waals surface area (Å²) in [5.41, 5.74) is -1.64. The summed E-state index contributed by atoms with van der Waals surface area (Å²) in [4.78, 5) is 10.6. The lowest BCUT2D eigenvalue weighted by Crippen LogP contribution is -2.37. The number of benzene rings is 1. The zero-order valence-electron chi connectivity index (χ0n) is 8.07. The standard InChI is InChI=1S/C10H11FO4/c1-10(15,9(13)14)5-6-2-3-8(12)7(11)4-6/h2-4,12,15H,5H2,1H3,(H,13,14). The third kappa shape index (κ3) is 2.66. The number of phenols is 1. The minimum absolute atomic E-state index is 0.223. The highest BCUT2D eigenvalue weighted by molar-refractivity contribution is 5.76. The SMILES string of the molecule is CC(O)(Cc1ccc(O)c(F)c1)C(=O)O. The highest BCUT2D eigenvalue weighted by atomic mass is 19.1. The molecule has 1 rings (SSSR count). The molecule has 0 saturated carbocycles. The summed E-state index contributed by atoms with van der Waals surface area (Å²) in [6, 6.07) is 3.46. The van der Waals surface area contributed by atoms with Crippen molar-refractivity contribution in [3.63, 3.8) is 0 Å². The van der Waals surface area contributed by atoms with Crippen LogP contribution in [0.4, 0.5) is 4.39 Å². The van der Waals surface area contributed by atoms with E-state index in [0.29, 0.717) is 5.56 Å². The molecule has 0 aliphatic heterocycles. The molecule has 0 amide bonds. The third-order valence-corrected chi connectivity index (χ3v) is 2.02. The number of hydrogen-bond donors (Lipinski definition) is 3. The topological polar surface area (TPSA) is 77.8 Å². The molecule has 1 aromatic rings. The molecule has 0 bridgehead atoms. The molecule has 82 valence electrons. The quantitative estimate of drug-likeness (QED) is 0.698. The molecule has 1 atom stereocenters. The largest absolute Gasteiger partial charge is 0.505 e. The molecule has 5 heteroatoms. The summed E-state index contributed by atoms with van der Waals surface area (Å²) in [6.07, 6.45) is -0.223. The van der Waals surface area contributed by atoms with Gasteiger partial charge in [-0.05, 0) is 24.6 Å². The summed E-state index contributed by atoms with van der Waals surface area (Å²) in [6.45, 7) is 1.13. The summed E-state index contributed by atoms with van der Waals surface area (Å²) in [7, 11) is 0. The van der Waals surface area contributed by atoms with E-state index in [1.54, 1.807) is 0 Å². The van der Waals surface area contributed by atoms with Gasteiger partial charge in [0.15, 0.2) is 17.2 Å². The molecule has 4 nitrogen and oxygen atoms in total. The van der Waals surface area contributed by atoms with Crippen LogP contribution in [0.1, 0.15) is 12.5 Å². The summed E-state index contributed by atoms with van der Waals surface area (Å²) < 4.78 is 12.9. The van der Waals surface area contributed by atoms with Gasteiger partial charge in [0.2, 0.25) is 0 Å². The second kappa shape index (κ2) is 3.86. The van der Waals surface area contributed by atoms with Gasteiger partial charge in [0.1, 0.15) is 0 Å². The van der Waals surface area contributed by atoms with E-state index in [2.05, 4.69) is 0 Å². The normalized spacial score (nSPS) is 14.6. The number of aromatic hydroxyl groups is 1. The maximum atomic E-state index is 12.9. The average Bonchev–Trinajstić information content (AvgIpc) is 2.10. The van der Waals surface area contributed by atoms with Gasteiger partial charge in [0.25, 0.3) is 0 Å². The molecule has 3 N–H and O–H groups in total. The first-order valence-corrected chi connectivity index (χ1v) is 4.26. The van der Waals surface area contributed by atoms with E-state index in [9.17, 15) is 14.3 Å². The Kier molecular flexibility index (Phi) is 2.95. The summed E-state index contributed by atoms with van der Waals surface area (Å²) in [5, 5.41) is 27.0. The van der Waals surface area contributed by atoms with Crippen LogP contribution >= 0.6 is 0 Å². The molecule has 0 fully saturated rings. The molecular formula is C10H11FO4. The molecule has 0 radical (unpaired) electrons. The number of aliphatic hydroxyl groups is 1. The molecule has 0 aliphatic rings. The van der Waals surface area contributed by atoms with E-state index in [0.717, 1.165) is 19.1 Å². The Labute approximate surface area is 85.6 Å². The lowest BCUT2D eigenvalue weighted by Gasteiger charge is -2.17. The average molecular weight is 214 g/mol. The maximum Gasteiger partial charge on any atom is 0.335 e. The van der Waals surface area contributed by atoms with E-state index in [1.807, 2.05) is 0 Å². The Morgan fingerprint density at radius 2 is 2.13 bits per heavy atom. The first-order chi connectivity index (χ1) is 6.83. The fraction of sp³-hybridized carbons (Fsp3) is 0.300. The molecule has 15 heavy (non-hydrogen) atoms. The van der Waals surface area contributed by atoms with Crippen molar-refractivity contribution in [2.75, 3.05) is 0 Å². The monoisotopic (exact) mass is 214 g/mol.